The minimum absolute atomic E-state index is 0.0298. The Bertz CT molecular complexity index is 843. The molecule has 1 aromatic carbocycles. The molecular formula is C16H16N4O5S. The van der Waals surface area contributed by atoms with Crippen molar-refractivity contribution in [1.82, 2.24) is 4.98 Å². The highest BCUT2D eigenvalue weighted by atomic mass is 32.2. The van der Waals surface area contributed by atoms with E-state index in [2.05, 4.69) is 10.3 Å². The fourth-order valence-electron chi connectivity index (χ4n) is 2.00. The molecule has 1 heterocycles. The molecule has 26 heavy (non-hydrogen) atoms. The Kier molecular flexibility index (Phi) is 6.50. The Morgan fingerprint density at radius 3 is 2.81 bits per heavy atom. The first-order valence-corrected chi connectivity index (χ1v) is 8.49. The average Bonchev–Trinajstić information content (AvgIpc) is 2.61. The Labute approximate surface area is 153 Å². The zero-order valence-electron chi connectivity index (χ0n) is 13.8. The van der Waals surface area contributed by atoms with Gasteiger partial charge < -0.3 is 15.8 Å². The first-order valence-electron chi connectivity index (χ1n) is 7.51. The summed E-state index contributed by atoms with van der Waals surface area (Å²) in [5.41, 5.74) is 5.29. The molecule has 2 amide bonds. The first kappa shape index (κ1) is 19.2. The van der Waals surface area contributed by atoms with Crippen molar-refractivity contribution in [2.75, 3.05) is 17.7 Å². The topological polar surface area (TPSA) is 137 Å². The van der Waals surface area contributed by atoms with E-state index in [9.17, 15) is 19.7 Å². The van der Waals surface area contributed by atoms with Crippen molar-refractivity contribution in [3.05, 3.63) is 52.2 Å². The van der Waals surface area contributed by atoms with Gasteiger partial charge in [0.2, 0.25) is 17.7 Å². The maximum Gasteiger partial charge on any atom is 0.283 e. The molecule has 0 spiro atoms. The molecule has 0 saturated carbocycles. The van der Waals surface area contributed by atoms with Crippen molar-refractivity contribution in [3.8, 4) is 5.88 Å². The number of thioether (sulfide) groups is 1. The SMILES string of the molecule is CCOc1ncccc1NC(=O)CSc1ccc(C(N)=O)cc1[N+](=O)[O-]. The van der Waals surface area contributed by atoms with E-state index in [1.165, 1.54) is 12.1 Å². The van der Waals surface area contributed by atoms with E-state index in [1.807, 2.05) is 0 Å². The van der Waals surface area contributed by atoms with Crippen molar-refractivity contribution in [1.29, 1.82) is 0 Å². The minimum Gasteiger partial charge on any atom is -0.476 e. The van der Waals surface area contributed by atoms with E-state index in [-0.39, 0.29) is 27.8 Å². The highest BCUT2D eigenvalue weighted by Crippen LogP contribution is 2.30. The fourth-order valence-corrected chi connectivity index (χ4v) is 2.81. The number of hydrogen-bond donors (Lipinski definition) is 2. The van der Waals surface area contributed by atoms with Crippen molar-refractivity contribution in [3.63, 3.8) is 0 Å². The van der Waals surface area contributed by atoms with Gasteiger partial charge in [-0.2, -0.15) is 0 Å². The summed E-state index contributed by atoms with van der Waals surface area (Å²) in [4.78, 5) is 38.1. The number of nitrogens with one attached hydrogen (secondary N) is 1. The maximum atomic E-state index is 12.1. The maximum absolute atomic E-state index is 12.1. The van der Waals surface area contributed by atoms with Gasteiger partial charge in [0.15, 0.2) is 0 Å². The van der Waals surface area contributed by atoms with Crippen LogP contribution in [0.3, 0.4) is 0 Å². The van der Waals surface area contributed by atoms with E-state index in [4.69, 9.17) is 10.5 Å². The van der Waals surface area contributed by atoms with Gasteiger partial charge in [-0.15, -0.1) is 11.8 Å². The van der Waals surface area contributed by atoms with Crippen LogP contribution in [0.1, 0.15) is 17.3 Å². The first-order chi connectivity index (χ1) is 12.4. The van der Waals surface area contributed by atoms with Crippen LogP contribution in [0.15, 0.2) is 41.4 Å². The molecule has 9 nitrogen and oxygen atoms in total. The quantitative estimate of drug-likeness (QED) is 0.409. The number of pyridine rings is 1. The second kappa shape index (κ2) is 8.81. The summed E-state index contributed by atoms with van der Waals surface area (Å²) in [5.74, 6) is -0.915. The van der Waals surface area contributed by atoms with Gasteiger partial charge in [-0.1, -0.05) is 0 Å². The summed E-state index contributed by atoms with van der Waals surface area (Å²) in [6.45, 7) is 2.19. The summed E-state index contributed by atoms with van der Waals surface area (Å²) in [6, 6.07) is 7.16. The lowest BCUT2D eigenvalue weighted by Gasteiger charge is -2.10. The number of nitrogens with zero attached hydrogens (tertiary/aromatic N) is 2. The summed E-state index contributed by atoms with van der Waals surface area (Å²) < 4.78 is 5.32. The number of rotatable bonds is 8. The number of nitrogens with two attached hydrogens (primary N) is 1. The van der Waals surface area contributed by atoms with Crippen LogP contribution < -0.4 is 15.8 Å². The lowest BCUT2D eigenvalue weighted by Crippen LogP contribution is -2.15. The number of primary amides is 1. The van der Waals surface area contributed by atoms with Crippen LogP contribution in [-0.4, -0.2) is 34.1 Å². The summed E-state index contributed by atoms with van der Waals surface area (Å²) in [6.07, 6.45) is 1.54. The summed E-state index contributed by atoms with van der Waals surface area (Å²) >= 11 is 0.975. The lowest BCUT2D eigenvalue weighted by molar-refractivity contribution is -0.387. The van der Waals surface area contributed by atoms with E-state index in [0.29, 0.717) is 18.2 Å². The molecule has 0 unspecified atom stereocenters. The molecule has 0 radical (unpaired) electrons. The second-order valence-electron chi connectivity index (χ2n) is 4.93. The van der Waals surface area contributed by atoms with Crippen LogP contribution in [0, 0.1) is 10.1 Å². The van der Waals surface area contributed by atoms with Crippen LogP contribution >= 0.6 is 11.8 Å². The summed E-state index contributed by atoms with van der Waals surface area (Å²) in [7, 11) is 0. The number of benzene rings is 1. The van der Waals surface area contributed by atoms with Crippen LogP contribution in [0.25, 0.3) is 0 Å². The largest absolute Gasteiger partial charge is 0.476 e. The molecule has 2 aromatic rings. The molecule has 0 atom stereocenters. The third kappa shape index (κ3) is 4.93. The second-order valence-corrected chi connectivity index (χ2v) is 5.95. The molecule has 0 bridgehead atoms. The van der Waals surface area contributed by atoms with Crippen LogP contribution in [0.4, 0.5) is 11.4 Å². The number of ether oxygens (including phenoxy) is 1. The minimum atomic E-state index is -0.762. The number of anilines is 1. The standard InChI is InChI=1S/C16H16N4O5S/c1-2-25-16-11(4-3-7-18-16)19-14(21)9-26-13-6-5-10(15(17)22)8-12(13)20(23)24/h3-8H,2,9H2,1H3,(H2,17,22)(H,19,21). The fraction of sp³-hybridized carbons (Fsp3) is 0.188. The Balaban J connectivity index is 2.08. The zero-order valence-corrected chi connectivity index (χ0v) is 14.6. The van der Waals surface area contributed by atoms with E-state index in [1.54, 1.807) is 25.3 Å². The number of nitro benzene ring substituents is 1. The average molecular weight is 376 g/mol. The number of hydrogen-bond acceptors (Lipinski definition) is 7. The van der Waals surface area contributed by atoms with Crippen molar-refractivity contribution in [2.45, 2.75) is 11.8 Å². The van der Waals surface area contributed by atoms with Gasteiger partial charge in [0.05, 0.1) is 22.2 Å². The van der Waals surface area contributed by atoms with Crippen molar-refractivity contribution in [2.24, 2.45) is 5.73 Å². The highest BCUT2D eigenvalue weighted by Gasteiger charge is 2.18. The predicted molar refractivity (Wildman–Crippen MR) is 96.4 cm³/mol. The van der Waals surface area contributed by atoms with Crippen LogP contribution in [0.5, 0.6) is 5.88 Å². The number of nitro groups is 1. The van der Waals surface area contributed by atoms with Gasteiger partial charge in [-0.05, 0) is 31.2 Å². The lowest BCUT2D eigenvalue weighted by atomic mass is 10.2. The van der Waals surface area contributed by atoms with Crippen molar-refractivity contribution >= 4 is 35.0 Å². The van der Waals surface area contributed by atoms with Gasteiger partial charge in [0.25, 0.3) is 5.69 Å². The van der Waals surface area contributed by atoms with Gasteiger partial charge in [-0.3, -0.25) is 19.7 Å². The van der Waals surface area contributed by atoms with E-state index >= 15 is 0 Å². The Morgan fingerprint density at radius 1 is 1.38 bits per heavy atom. The third-order valence-corrected chi connectivity index (χ3v) is 4.19. The molecular weight excluding hydrogens is 360 g/mol. The van der Waals surface area contributed by atoms with E-state index in [0.717, 1.165) is 17.8 Å². The molecule has 10 heteroatoms. The predicted octanol–water partition coefficient (Wildman–Crippen LogP) is 2.22. The number of carbonyl (C=O) groups excluding carboxylic acids is 2. The number of amides is 2. The van der Waals surface area contributed by atoms with Gasteiger partial charge in [0.1, 0.15) is 5.69 Å². The van der Waals surface area contributed by atoms with Crippen LogP contribution in [-0.2, 0) is 4.79 Å². The Hall–Kier alpha value is -3.14. The molecule has 1 aromatic heterocycles. The van der Waals surface area contributed by atoms with Gasteiger partial charge in [-0.25, -0.2) is 4.98 Å². The molecule has 136 valence electrons. The molecule has 0 aliphatic carbocycles. The highest BCUT2D eigenvalue weighted by molar-refractivity contribution is 8.00. The molecule has 0 aliphatic heterocycles. The Morgan fingerprint density at radius 2 is 2.15 bits per heavy atom. The number of aromatic nitrogens is 1. The summed E-state index contributed by atoms with van der Waals surface area (Å²) in [5, 5.41) is 13.8. The third-order valence-electron chi connectivity index (χ3n) is 3.13. The van der Waals surface area contributed by atoms with E-state index < -0.39 is 10.8 Å². The molecule has 3 N–H and O–H groups in total. The zero-order chi connectivity index (χ0) is 19.1. The molecule has 0 aliphatic rings. The molecule has 0 saturated heterocycles. The van der Waals surface area contributed by atoms with Crippen LogP contribution in [0.2, 0.25) is 0 Å². The van der Waals surface area contributed by atoms with Gasteiger partial charge >= 0.3 is 0 Å². The normalized spacial score (nSPS) is 10.2. The number of carbonyl (C=O) groups is 2. The molecule has 2 rings (SSSR count). The monoisotopic (exact) mass is 376 g/mol. The smallest absolute Gasteiger partial charge is 0.283 e. The van der Waals surface area contributed by atoms with Crippen molar-refractivity contribution < 1.29 is 19.2 Å². The molecule has 0 fully saturated rings. The van der Waals surface area contributed by atoms with Gasteiger partial charge in [0, 0.05) is 17.8 Å².